The van der Waals surface area contributed by atoms with Gasteiger partial charge < -0.3 is 9.16 Å². The van der Waals surface area contributed by atoms with Crippen LogP contribution in [0.1, 0.15) is 0 Å². The van der Waals surface area contributed by atoms with Crippen LogP contribution in [0.15, 0.2) is 42.0 Å². The van der Waals surface area contributed by atoms with E-state index in [1.165, 1.54) is 7.11 Å². The second-order valence-corrected chi connectivity index (χ2v) is 9.12. The average Bonchev–Trinajstić information content (AvgIpc) is 3.04. The van der Waals surface area contributed by atoms with Gasteiger partial charge in [0.2, 0.25) is 8.32 Å². The molecule has 1 aliphatic carbocycles. The lowest BCUT2D eigenvalue weighted by atomic mass is 10.2. The van der Waals surface area contributed by atoms with Crippen molar-refractivity contribution in [3.8, 4) is 0 Å². The Balaban J connectivity index is 2.23. The standard InChI is InChI=1S/C14H17F3O2Si/c1-18-10-11-9-13(11,14(15,16)17)19-20(2,3)12-7-5-4-6-8-12/h4-9H,10H2,1-3H3. The topological polar surface area (TPSA) is 18.5 Å². The Labute approximate surface area is 117 Å². The number of hydrogen-bond donors (Lipinski definition) is 0. The van der Waals surface area contributed by atoms with E-state index in [1.807, 2.05) is 30.3 Å². The predicted molar refractivity (Wildman–Crippen MR) is 73.4 cm³/mol. The lowest BCUT2D eigenvalue weighted by Gasteiger charge is -2.32. The molecule has 1 aromatic carbocycles. The van der Waals surface area contributed by atoms with Crippen LogP contribution in [0.2, 0.25) is 13.1 Å². The number of halogens is 3. The first-order chi connectivity index (χ1) is 9.23. The monoisotopic (exact) mass is 302 g/mol. The Bertz CT molecular complexity index is 511. The first-order valence-corrected chi connectivity index (χ1v) is 9.17. The van der Waals surface area contributed by atoms with E-state index in [4.69, 9.17) is 9.16 Å². The van der Waals surface area contributed by atoms with Crippen LogP contribution < -0.4 is 5.19 Å². The summed E-state index contributed by atoms with van der Waals surface area (Å²) in [6.45, 7) is 3.48. The van der Waals surface area contributed by atoms with Crippen molar-refractivity contribution in [2.24, 2.45) is 0 Å². The first-order valence-electron chi connectivity index (χ1n) is 6.26. The largest absolute Gasteiger partial charge is 0.424 e. The van der Waals surface area contributed by atoms with Crippen LogP contribution in [0.3, 0.4) is 0 Å². The van der Waals surface area contributed by atoms with Gasteiger partial charge >= 0.3 is 6.18 Å². The van der Waals surface area contributed by atoms with Crippen molar-refractivity contribution in [1.82, 2.24) is 0 Å². The molecule has 0 amide bonds. The highest BCUT2D eigenvalue weighted by atomic mass is 28.4. The first kappa shape index (κ1) is 15.3. The lowest BCUT2D eigenvalue weighted by molar-refractivity contribution is -0.204. The Morgan fingerprint density at radius 3 is 2.25 bits per heavy atom. The summed E-state index contributed by atoms with van der Waals surface area (Å²) in [6, 6.07) is 9.08. The third kappa shape index (κ3) is 2.68. The third-order valence-electron chi connectivity index (χ3n) is 3.38. The van der Waals surface area contributed by atoms with Gasteiger partial charge in [0.1, 0.15) is 0 Å². The molecule has 1 unspecified atom stereocenters. The van der Waals surface area contributed by atoms with E-state index in [9.17, 15) is 13.2 Å². The molecule has 0 fully saturated rings. The number of methoxy groups -OCH3 is 1. The molecule has 1 atom stereocenters. The molecule has 0 aliphatic heterocycles. The van der Waals surface area contributed by atoms with Gasteiger partial charge in [-0.25, -0.2) is 0 Å². The second kappa shape index (κ2) is 5.02. The van der Waals surface area contributed by atoms with Gasteiger partial charge in [0.05, 0.1) is 6.61 Å². The molecule has 0 bridgehead atoms. The summed E-state index contributed by atoms with van der Waals surface area (Å²) in [5, 5.41) is 0.834. The van der Waals surface area contributed by atoms with E-state index in [0.717, 1.165) is 11.3 Å². The maximum atomic E-state index is 13.3. The highest BCUT2D eigenvalue weighted by Gasteiger charge is 2.66. The van der Waals surface area contributed by atoms with E-state index in [-0.39, 0.29) is 12.2 Å². The summed E-state index contributed by atoms with van der Waals surface area (Å²) in [5.74, 6) is 0. The maximum Gasteiger partial charge on any atom is 0.424 e. The Hall–Kier alpha value is -1.11. The van der Waals surface area contributed by atoms with Crippen molar-refractivity contribution in [3.63, 3.8) is 0 Å². The minimum atomic E-state index is -4.44. The molecular weight excluding hydrogens is 285 g/mol. The molecule has 0 spiro atoms. The Morgan fingerprint density at radius 2 is 1.75 bits per heavy atom. The van der Waals surface area contributed by atoms with Crippen LogP contribution in [0.4, 0.5) is 13.2 Å². The summed E-state index contributed by atoms with van der Waals surface area (Å²) >= 11 is 0. The van der Waals surface area contributed by atoms with Gasteiger partial charge in [0.15, 0.2) is 5.60 Å². The summed E-state index contributed by atoms with van der Waals surface area (Å²) in [7, 11) is -1.29. The zero-order chi connectivity index (χ0) is 15.0. The molecule has 0 radical (unpaired) electrons. The van der Waals surface area contributed by atoms with Gasteiger partial charge in [-0.05, 0) is 29.9 Å². The van der Waals surface area contributed by atoms with Crippen LogP contribution in [0.5, 0.6) is 0 Å². The van der Waals surface area contributed by atoms with E-state index in [1.54, 1.807) is 13.1 Å². The van der Waals surface area contributed by atoms with Gasteiger partial charge in [-0.15, -0.1) is 0 Å². The number of rotatable bonds is 5. The van der Waals surface area contributed by atoms with Crippen LogP contribution in [0.25, 0.3) is 0 Å². The Morgan fingerprint density at radius 1 is 1.15 bits per heavy atom. The van der Waals surface area contributed by atoms with Gasteiger partial charge in [-0.3, -0.25) is 0 Å². The smallest absolute Gasteiger partial charge is 0.393 e. The van der Waals surface area contributed by atoms with E-state index in [0.29, 0.717) is 0 Å². The molecule has 6 heteroatoms. The number of hydrogen-bond acceptors (Lipinski definition) is 2. The molecule has 0 saturated carbocycles. The minimum Gasteiger partial charge on any atom is -0.393 e. The summed E-state index contributed by atoms with van der Waals surface area (Å²) in [6.07, 6.45) is -3.33. The van der Waals surface area contributed by atoms with Crippen molar-refractivity contribution in [3.05, 3.63) is 42.0 Å². The molecule has 110 valence electrons. The molecule has 2 nitrogen and oxygen atoms in total. The minimum absolute atomic E-state index is 0.0568. The van der Waals surface area contributed by atoms with Gasteiger partial charge in [-0.1, -0.05) is 30.3 Å². The van der Waals surface area contributed by atoms with Crippen molar-refractivity contribution in [2.75, 3.05) is 13.7 Å². The number of benzene rings is 1. The van der Waals surface area contributed by atoms with Crippen LogP contribution >= 0.6 is 0 Å². The summed E-state index contributed by atoms with van der Waals surface area (Å²) in [4.78, 5) is 0. The molecule has 0 N–H and O–H groups in total. The van der Waals surface area contributed by atoms with Crippen molar-refractivity contribution < 1.29 is 22.3 Å². The summed E-state index contributed by atoms with van der Waals surface area (Å²) < 4.78 is 50.3. The lowest BCUT2D eigenvalue weighted by Crippen LogP contribution is -2.53. The molecule has 1 aliphatic rings. The van der Waals surface area contributed by atoms with E-state index >= 15 is 0 Å². The highest BCUT2D eigenvalue weighted by molar-refractivity contribution is 6.84. The molecule has 1 aromatic rings. The van der Waals surface area contributed by atoms with Crippen molar-refractivity contribution in [2.45, 2.75) is 24.9 Å². The van der Waals surface area contributed by atoms with Gasteiger partial charge in [0.25, 0.3) is 0 Å². The fraction of sp³-hybridized carbons (Fsp3) is 0.429. The van der Waals surface area contributed by atoms with Crippen molar-refractivity contribution in [1.29, 1.82) is 0 Å². The molecule has 0 saturated heterocycles. The molecule has 2 rings (SSSR count). The molecule has 0 aromatic heterocycles. The maximum absolute atomic E-state index is 13.3. The highest BCUT2D eigenvalue weighted by Crippen LogP contribution is 2.52. The SMILES string of the molecule is COCC1=CC1(O[Si](C)(C)c1ccccc1)C(F)(F)F. The Kier molecular flexibility index (Phi) is 3.83. The summed E-state index contributed by atoms with van der Waals surface area (Å²) in [5.41, 5.74) is -2.07. The predicted octanol–water partition coefficient (Wildman–Crippen LogP) is 3.00. The van der Waals surface area contributed by atoms with E-state index in [2.05, 4.69) is 0 Å². The number of ether oxygens (including phenoxy) is 1. The zero-order valence-corrected chi connectivity index (χ0v) is 12.6. The molecule has 20 heavy (non-hydrogen) atoms. The van der Waals surface area contributed by atoms with Crippen molar-refractivity contribution >= 4 is 13.5 Å². The van der Waals surface area contributed by atoms with E-state index < -0.39 is 20.1 Å². The third-order valence-corrected chi connectivity index (χ3v) is 5.93. The molecule has 0 heterocycles. The normalized spacial score (nSPS) is 22.6. The fourth-order valence-electron chi connectivity index (χ4n) is 2.23. The number of alkyl halides is 3. The average molecular weight is 302 g/mol. The molecular formula is C14H17F3O2Si. The fourth-order valence-corrected chi connectivity index (χ4v) is 4.46. The quantitative estimate of drug-likeness (QED) is 0.615. The zero-order valence-electron chi connectivity index (χ0n) is 11.6. The van der Waals surface area contributed by atoms with Crippen LogP contribution in [-0.2, 0) is 9.16 Å². The van der Waals surface area contributed by atoms with Gasteiger partial charge in [0, 0.05) is 7.11 Å². The second-order valence-electron chi connectivity index (χ2n) is 5.31. The van der Waals surface area contributed by atoms with Gasteiger partial charge in [-0.2, -0.15) is 13.2 Å². The van der Waals surface area contributed by atoms with Crippen LogP contribution in [0, 0.1) is 0 Å². The van der Waals surface area contributed by atoms with Crippen LogP contribution in [-0.4, -0.2) is 33.8 Å².